The first-order chi connectivity index (χ1) is 7.18. The van der Waals surface area contributed by atoms with E-state index in [1.165, 1.54) is 0 Å². The molecule has 0 bridgehead atoms. The van der Waals surface area contributed by atoms with Gasteiger partial charge in [0, 0.05) is 5.92 Å². The predicted octanol–water partition coefficient (Wildman–Crippen LogP) is 1.25. The first-order valence-electron chi connectivity index (χ1n) is 4.95. The van der Waals surface area contributed by atoms with Gasteiger partial charge < -0.3 is 5.11 Å². The lowest BCUT2D eigenvalue weighted by molar-refractivity contribution is -0.142. The zero-order valence-corrected chi connectivity index (χ0v) is 8.47. The number of aromatic amines is 1. The van der Waals surface area contributed by atoms with Crippen molar-refractivity contribution in [1.29, 1.82) is 0 Å². The van der Waals surface area contributed by atoms with Gasteiger partial charge in [0.2, 0.25) is 0 Å². The minimum Gasteiger partial charge on any atom is -0.481 e. The molecule has 5 heteroatoms. The second-order valence-corrected chi connectivity index (χ2v) is 3.77. The fourth-order valence-electron chi connectivity index (χ4n) is 1.90. The third kappa shape index (κ3) is 1.91. The van der Waals surface area contributed by atoms with Crippen molar-refractivity contribution in [2.75, 3.05) is 0 Å². The average Bonchev–Trinajstić information content (AvgIpc) is 2.65. The number of hydrogen-bond donors (Lipinski definition) is 2. The minimum absolute atomic E-state index is 0.0996. The Morgan fingerprint density at radius 2 is 2.27 bits per heavy atom. The molecule has 1 aliphatic carbocycles. The molecule has 0 fully saturated rings. The molecule has 0 radical (unpaired) electrons. The number of allylic oxidation sites excluding steroid dienone is 2. The summed E-state index contributed by atoms with van der Waals surface area (Å²) < 4.78 is 0. The quantitative estimate of drug-likeness (QED) is 0.715. The Morgan fingerprint density at radius 3 is 2.87 bits per heavy atom. The second-order valence-electron chi connectivity index (χ2n) is 3.77. The van der Waals surface area contributed by atoms with Gasteiger partial charge >= 0.3 is 5.97 Å². The number of hydrogen-bond acceptors (Lipinski definition) is 3. The number of aromatic nitrogens is 3. The van der Waals surface area contributed by atoms with Gasteiger partial charge in [-0.1, -0.05) is 12.2 Å². The molecular weight excluding hydrogens is 194 g/mol. The largest absolute Gasteiger partial charge is 0.481 e. The number of nitrogens with one attached hydrogen (secondary N) is 1. The van der Waals surface area contributed by atoms with Gasteiger partial charge in [-0.3, -0.25) is 9.89 Å². The Bertz CT molecular complexity index is 397. The lowest BCUT2D eigenvalue weighted by Gasteiger charge is -2.22. The smallest absolute Gasteiger partial charge is 0.307 e. The van der Waals surface area contributed by atoms with Crippen molar-refractivity contribution < 1.29 is 9.90 Å². The molecule has 0 saturated heterocycles. The Kier molecular flexibility index (Phi) is 2.53. The number of aryl methyl sites for hydroxylation is 1. The first-order valence-corrected chi connectivity index (χ1v) is 4.95. The minimum atomic E-state index is -0.771. The van der Waals surface area contributed by atoms with Crippen LogP contribution in [-0.2, 0) is 4.79 Å². The van der Waals surface area contributed by atoms with Crippen LogP contribution >= 0.6 is 0 Å². The molecule has 1 aromatic rings. The number of aliphatic carboxylic acids is 1. The normalized spacial score (nSPS) is 25.4. The van der Waals surface area contributed by atoms with E-state index in [0.29, 0.717) is 18.7 Å². The number of carboxylic acids is 1. The van der Waals surface area contributed by atoms with Crippen molar-refractivity contribution in [2.45, 2.75) is 25.7 Å². The summed E-state index contributed by atoms with van der Waals surface area (Å²) in [6.45, 7) is 1.81. The summed E-state index contributed by atoms with van der Waals surface area (Å²) >= 11 is 0. The van der Waals surface area contributed by atoms with E-state index in [1.807, 2.05) is 19.1 Å². The van der Waals surface area contributed by atoms with Gasteiger partial charge in [0.25, 0.3) is 0 Å². The van der Waals surface area contributed by atoms with Crippen molar-refractivity contribution in [3.05, 3.63) is 23.8 Å². The van der Waals surface area contributed by atoms with Crippen LogP contribution in [0.15, 0.2) is 12.2 Å². The summed E-state index contributed by atoms with van der Waals surface area (Å²) in [6.07, 6.45) is 5.17. The Hall–Kier alpha value is -1.65. The van der Waals surface area contributed by atoms with E-state index in [4.69, 9.17) is 5.11 Å². The van der Waals surface area contributed by atoms with Crippen LogP contribution in [0.2, 0.25) is 0 Å². The molecule has 0 saturated carbocycles. The van der Waals surface area contributed by atoms with E-state index in [9.17, 15) is 4.79 Å². The van der Waals surface area contributed by atoms with Crippen molar-refractivity contribution in [1.82, 2.24) is 15.2 Å². The molecule has 0 spiro atoms. The highest BCUT2D eigenvalue weighted by Crippen LogP contribution is 2.32. The molecule has 1 aromatic heterocycles. The summed E-state index contributed by atoms with van der Waals surface area (Å²) in [7, 11) is 0. The molecule has 15 heavy (non-hydrogen) atoms. The fourth-order valence-corrected chi connectivity index (χ4v) is 1.90. The monoisotopic (exact) mass is 207 g/mol. The van der Waals surface area contributed by atoms with E-state index < -0.39 is 11.9 Å². The van der Waals surface area contributed by atoms with Gasteiger partial charge in [-0.25, -0.2) is 4.98 Å². The first kappa shape index (κ1) is 9.89. The van der Waals surface area contributed by atoms with Gasteiger partial charge in [-0.05, 0) is 19.8 Å². The average molecular weight is 207 g/mol. The highest BCUT2D eigenvalue weighted by molar-refractivity contribution is 5.71. The van der Waals surface area contributed by atoms with Crippen molar-refractivity contribution in [2.24, 2.45) is 5.92 Å². The molecule has 2 rings (SSSR count). The molecule has 5 nitrogen and oxygen atoms in total. The molecular formula is C10H13N3O2. The molecule has 0 amide bonds. The van der Waals surface area contributed by atoms with Gasteiger partial charge in [-0.2, -0.15) is 5.10 Å². The summed E-state index contributed by atoms with van der Waals surface area (Å²) in [6, 6.07) is 0. The van der Waals surface area contributed by atoms with Crippen LogP contribution in [0.4, 0.5) is 0 Å². The van der Waals surface area contributed by atoms with Gasteiger partial charge in [-0.15, -0.1) is 0 Å². The third-order valence-corrected chi connectivity index (χ3v) is 2.70. The Balaban J connectivity index is 2.26. The van der Waals surface area contributed by atoms with Crippen LogP contribution in [0.1, 0.15) is 30.4 Å². The third-order valence-electron chi connectivity index (χ3n) is 2.70. The van der Waals surface area contributed by atoms with E-state index in [1.54, 1.807) is 0 Å². The zero-order valence-electron chi connectivity index (χ0n) is 8.47. The summed E-state index contributed by atoms with van der Waals surface area (Å²) in [5.74, 6) is 0.0717. The Labute approximate surface area is 87.2 Å². The van der Waals surface area contributed by atoms with Crippen molar-refractivity contribution in [3.8, 4) is 0 Å². The van der Waals surface area contributed by atoms with Gasteiger partial charge in [0.1, 0.15) is 5.82 Å². The maximum Gasteiger partial charge on any atom is 0.307 e. The number of carbonyl (C=O) groups is 1. The Morgan fingerprint density at radius 1 is 1.53 bits per heavy atom. The predicted molar refractivity (Wildman–Crippen MR) is 53.4 cm³/mol. The standard InChI is InChI=1S/C10H13N3O2/c1-6-11-9(13-12-6)7-4-2-3-5-8(7)10(14)15/h2-3,7-8H,4-5H2,1H3,(H,14,15)(H,11,12,13)/t7-,8+/m1/s1. The molecule has 1 aliphatic rings. The zero-order chi connectivity index (χ0) is 10.8. The van der Waals surface area contributed by atoms with Gasteiger partial charge in [0.15, 0.2) is 5.82 Å². The lowest BCUT2D eigenvalue weighted by atomic mass is 9.82. The number of carboxylic acid groups (broad SMARTS) is 1. The van der Waals surface area contributed by atoms with Gasteiger partial charge in [0.05, 0.1) is 5.92 Å². The second kappa shape index (κ2) is 3.84. The van der Waals surface area contributed by atoms with Crippen LogP contribution in [0, 0.1) is 12.8 Å². The van der Waals surface area contributed by atoms with Crippen molar-refractivity contribution in [3.63, 3.8) is 0 Å². The maximum absolute atomic E-state index is 11.0. The topological polar surface area (TPSA) is 78.9 Å². The lowest BCUT2D eigenvalue weighted by Crippen LogP contribution is -2.24. The van der Waals surface area contributed by atoms with Crippen LogP contribution in [0.3, 0.4) is 0 Å². The van der Waals surface area contributed by atoms with E-state index in [2.05, 4.69) is 15.2 Å². The van der Waals surface area contributed by atoms with Crippen LogP contribution in [0.25, 0.3) is 0 Å². The summed E-state index contributed by atoms with van der Waals surface area (Å²) in [4.78, 5) is 15.2. The molecule has 80 valence electrons. The fraction of sp³-hybridized carbons (Fsp3) is 0.500. The highest BCUT2D eigenvalue weighted by Gasteiger charge is 2.32. The molecule has 2 N–H and O–H groups in total. The van der Waals surface area contributed by atoms with E-state index in [0.717, 1.165) is 5.82 Å². The number of rotatable bonds is 2. The summed E-state index contributed by atoms with van der Waals surface area (Å²) in [5, 5.41) is 15.9. The molecule has 0 aromatic carbocycles. The SMILES string of the molecule is Cc1nc([C@@H]2CC=CC[C@@H]2C(=O)O)n[nH]1. The van der Waals surface area contributed by atoms with E-state index in [-0.39, 0.29) is 5.92 Å². The number of nitrogens with zero attached hydrogens (tertiary/aromatic N) is 2. The highest BCUT2D eigenvalue weighted by atomic mass is 16.4. The van der Waals surface area contributed by atoms with Crippen LogP contribution < -0.4 is 0 Å². The summed E-state index contributed by atoms with van der Waals surface area (Å²) in [5.41, 5.74) is 0. The number of H-pyrrole nitrogens is 1. The molecule has 2 atom stereocenters. The van der Waals surface area contributed by atoms with Crippen LogP contribution in [-0.4, -0.2) is 26.3 Å². The van der Waals surface area contributed by atoms with Crippen LogP contribution in [0.5, 0.6) is 0 Å². The van der Waals surface area contributed by atoms with Crippen molar-refractivity contribution >= 4 is 5.97 Å². The van der Waals surface area contributed by atoms with E-state index >= 15 is 0 Å². The molecule has 0 aliphatic heterocycles. The maximum atomic E-state index is 11.0. The molecule has 1 heterocycles. The molecule has 0 unspecified atom stereocenters.